The van der Waals surface area contributed by atoms with Gasteiger partial charge in [-0.1, -0.05) is 18.6 Å². The Labute approximate surface area is 163 Å². The molecule has 1 N–H and O–H groups in total. The van der Waals surface area contributed by atoms with E-state index in [2.05, 4.69) is 35.0 Å². The quantitative estimate of drug-likeness (QED) is 0.589. The minimum atomic E-state index is -0.0505. The Balaban J connectivity index is 2.03. The van der Waals surface area contributed by atoms with E-state index in [4.69, 9.17) is 5.26 Å². The highest BCUT2D eigenvalue weighted by molar-refractivity contribution is 5.82. The Kier molecular flexibility index (Phi) is 8.08. The fraction of sp³-hybridized carbons (Fsp3) is 0.619. The molecule has 2 aliphatic rings. The molecule has 2 aliphatic heterocycles. The maximum Gasteiger partial charge on any atom is 0.241 e. The molecule has 1 unspecified atom stereocenters. The van der Waals surface area contributed by atoms with Crippen molar-refractivity contribution < 1.29 is 4.79 Å². The average molecular weight is 372 g/mol. The van der Waals surface area contributed by atoms with E-state index in [1.807, 2.05) is 37.1 Å². The Morgan fingerprint density at radius 2 is 1.85 bits per heavy atom. The van der Waals surface area contributed by atoms with Gasteiger partial charge in [-0.3, -0.25) is 9.69 Å². The summed E-state index contributed by atoms with van der Waals surface area (Å²) in [7, 11) is 2.03. The van der Waals surface area contributed by atoms with E-state index in [0.29, 0.717) is 5.57 Å². The second-order valence-electron chi connectivity index (χ2n) is 7.22. The van der Waals surface area contributed by atoms with Crippen LogP contribution >= 0.6 is 0 Å². The second-order valence-corrected chi connectivity index (χ2v) is 7.22. The zero-order valence-corrected chi connectivity index (χ0v) is 17.2. The third-order valence-electron chi connectivity index (χ3n) is 5.56. The molecular weight excluding hydrogens is 338 g/mol. The molecule has 2 heterocycles. The topological polar surface area (TPSA) is 62.6 Å². The van der Waals surface area contributed by atoms with Gasteiger partial charge in [0.15, 0.2) is 0 Å². The zero-order chi connectivity index (χ0) is 19.8. The van der Waals surface area contributed by atoms with Gasteiger partial charge < -0.3 is 15.1 Å². The third-order valence-corrected chi connectivity index (χ3v) is 5.56. The number of nitrogens with zero attached hydrogens (tertiary/aromatic N) is 4. The first-order chi connectivity index (χ1) is 13.0. The molecule has 6 nitrogen and oxygen atoms in total. The second kappa shape index (κ2) is 10.3. The number of hydrogen-bond acceptors (Lipinski definition) is 5. The van der Waals surface area contributed by atoms with E-state index in [1.165, 1.54) is 11.3 Å². The third kappa shape index (κ3) is 5.44. The Hall–Kier alpha value is -2.10. The predicted molar refractivity (Wildman–Crippen MR) is 109 cm³/mol. The van der Waals surface area contributed by atoms with Crippen molar-refractivity contribution in [2.24, 2.45) is 0 Å². The fourth-order valence-corrected chi connectivity index (χ4v) is 3.53. The van der Waals surface area contributed by atoms with Gasteiger partial charge in [-0.25, -0.2) is 0 Å². The summed E-state index contributed by atoms with van der Waals surface area (Å²) in [6.07, 6.45) is 6.72. The molecule has 2 saturated heterocycles. The van der Waals surface area contributed by atoms with E-state index in [-0.39, 0.29) is 11.9 Å². The molecule has 1 amide bonds. The lowest BCUT2D eigenvalue weighted by Gasteiger charge is -2.41. The molecule has 148 valence electrons. The van der Waals surface area contributed by atoms with Gasteiger partial charge in [-0.15, -0.1) is 0 Å². The molecule has 0 aromatic heterocycles. The van der Waals surface area contributed by atoms with Gasteiger partial charge in [0.1, 0.15) is 6.04 Å². The predicted octanol–water partition coefficient (Wildman–Crippen LogP) is 1.74. The Morgan fingerprint density at radius 1 is 1.19 bits per heavy atom. The van der Waals surface area contributed by atoms with Gasteiger partial charge in [0, 0.05) is 57.1 Å². The van der Waals surface area contributed by atoms with Crippen LogP contribution in [0.5, 0.6) is 0 Å². The fourth-order valence-electron chi connectivity index (χ4n) is 3.53. The van der Waals surface area contributed by atoms with Crippen molar-refractivity contribution in [1.82, 2.24) is 20.0 Å². The lowest BCUT2D eigenvalue weighted by molar-refractivity contribution is -0.138. The summed E-state index contributed by atoms with van der Waals surface area (Å²) in [4.78, 5) is 19.4. The van der Waals surface area contributed by atoms with E-state index in [0.717, 1.165) is 52.2 Å². The molecular formula is C21H33N5O. The molecule has 0 spiro atoms. The van der Waals surface area contributed by atoms with Crippen molar-refractivity contribution in [3.63, 3.8) is 0 Å². The number of hydrogen-bond donors (Lipinski definition) is 1. The van der Waals surface area contributed by atoms with E-state index < -0.39 is 0 Å². The van der Waals surface area contributed by atoms with Crippen molar-refractivity contribution in [2.75, 3.05) is 52.9 Å². The average Bonchev–Trinajstić information content (AvgIpc) is 2.71. The molecule has 0 radical (unpaired) electrons. The number of carbonyl (C=O) groups is 1. The van der Waals surface area contributed by atoms with E-state index >= 15 is 0 Å². The molecule has 2 rings (SSSR count). The van der Waals surface area contributed by atoms with Crippen molar-refractivity contribution in [3.05, 3.63) is 35.1 Å². The van der Waals surface area contributed by atoms with Crippen LogP contribution in [0.15, 0.2) is 35.1 Å². The first-order valence-electron chi connectivity index (χ1n) is 9.90. The van der Waals surface area contributed by atoms with Crippen LogP contribution < -0.4 is 5.32 Å². The highest BCUT2D eigenvalue weighted by Crippen LogP contribution is 2.19. The SMILES string of the molecule is C/C=C(C#N)\C=C/C(=C(C)CC)N1CCN(C(=O)C2CNCCN2C)CC1. The highest BCUT2D eigenvalue weighted by Gasteiger charge is 2.31. The summed E-state index contributed by atoms with van der Waals surface area (Å²) in [5.74, 6) is 0.235. The molecule has 27 heavy (non-hydrogen) atoms. The summed E-state index contributed by atoms with van der Waals surface area (Å²) in [5, 5.41) is 12.5. The molecule has 0 saturated carbocycles. The number of likely N-dealkylation sites (N-methyl/N-ethyl adjacent to an activating group) is 1. The maximum atomic E-state index is 12.9. The highest BCUT2D eigenvalue weighted by atomic mass is 16.2. The maximum absolute atomic E-state index is 12.9. The lowest BCUT2D eigenvalue weighted by Crippen LogP contribution is -2.59. The standard InChI is InChI=1S/C21H33N5O/c1-5-17(3)19(8-7-18(6-2)15-22)25-11-13-26(14-12-25)21(27)20-16-23-9-10-24(20)4/h6-8,20,23H,5,9-14,16H2,1-4H3/b8-7-,18-6+,19-17?. The van der Waals surface area contributed by atoms with Crippen molar-refractivity contribution in [1.29, 1.82) is 5.26 Å². The molecule has 1 atom stereocenters. The molecule has 0 aliphatic carbocycles. The Bertz CT molecular complexity index is 650. The van der Waals surface area contributed by atoms with E-state index in [1.54, 1.807) is 0 Å². The number of nitriles is 1. The van der Waals surface area contributed by atoms with Crippen LogP contribution in [0, 0.1) is 11.3 Å². The number of allylic oxidation sites excluding steroid dienone is 5. The van der Waals surface area contributed by atoms with Crippen LogP contribution in [-0.4, -0.2) is 79.5 Å². The lowest BCUT2D eigenvalue weighted by atomic mass is 10.1. The van der Waals surface area contributed by atoms with Crippen molar-refractivity contribution in [2.45, 2.75) is 33.2 Å². The van der Waals surface area contributed by atoms with Gasteiger partial charge in [0.05, 0.1) is 6.07 Å². The number of rotatable bonds is 5. The number of carbonyl (C=O) groups excluding carboxylic acids is 1. The van der Waals surface area contributed by atoms with Gasteiger partial charge in [0.2, 0.25) is 5.91 Å². The molecule has 2 fully saturated rings. The van der Waals surface area contributed by atoms with Crippen LogP contribution in [0.25, 0.3) is 0 Å². The summed E-state index contributed by atoms with van der Waals surface area (Å²) in [6, 6.07) is 2.15. The number of nitrogens with one attached hydrogen (secondary N) is 1. The summed E-state index contributed by atoms with van der Waals surface area (Å²) in [5.41, 5.74) is 3.14. The van der Waals surface area contributed by atoms with Gasteiger partial charge in [-0.2, -0.15) is 5.26 Å². The van der Waals surface area contributed by atoms with Crippen LogP contribution in [0.4, 0.5) is 0 Å². The van der Waals surface area contributed by atoms with Crippen molar-refractivity contribution >= 4 is 5.91 Å². The molecule has 0 bridgehead atoms. The minimum absolute atomic E-state index is 0.0505. The van der Waals surface area contributed by atoms with Gasteiger partial charge in [0.25, 0.3) is 0 Å². The summed E-state index contributed by atoms with van der Waals surface area (Å²) < 4.78 is 0. The van der Waals surface area contributed by atoms with Crippen LogP contribution in [-0.2, 0) is 4.79 Å². The summed E-state index contributed by atoms with van der Waals surface area (Å²) >= 11 is 0. The number of piperazine rings is 2. The smallest absolute Gasteiger partial charge is 0.241 e. The monoisotopic (exact) mass is 371 g/mol. The molecule has 0 aromatic carbocycles. The summed E-state index contributed by atoms with van der Waals surface area (Å²) in [6.45, 7) is 11.9. The van der Waals surface area contributed by atoms with Crippen LogP contribution in [0.1, 0.15) is 27.2 Å². The first-order valence-corrected chi connectivity index (χ1v) is 9.90. The molecule has 0 aromatic rings. The Morgan fingerprint density at radius 3 is 2.41 bits per heavy atom. The first kappa shape index (κ1) is 21.2. The normalized spacial score (nSPS) is 23.4. The van der Waals surface area contributed by atoms with Crippen molar-refractivity contribution in [3.8, 4) is 6.07 Å². The molecule has 6 heteroatoms. The van der Waals surface area contributed by atoms with E-state index in [9.17, 15) is 4.79 Å². The van der Waals surface area contributed by atoms with Crippen LogP contribution in [0.3, 0.4) is 0 Å². The minimum Gasteiger partial charge on any atom is -0.368 e. The van der Waals surface area contributed by atoms with Gasteiger partial charge >= 0.3 is 0 Å². The van der Waals surface area contributed by atoms with Crippen LogP contribution in [0.2, 0.25) is 0 Å². The van der Waals surface area contributed by atoms with Gasteiger partial charge in [-0.05, 0) is 39.5 Å². The zero-order valence-electron chi connectivity index (χ0n) is 17.2. The number of amides is 1. The largest absolute Gasteiger partial charge is 0.368 e.